The van der Waals surface area contributed by atoms with Crippen molar-refractivity contribution in [3.63, 3.8) is 0 Å². The topological polar surface area (TPSA) is 78.6 Å². The number of anilines is 1. The Balaban J connectivity index is 2.56. The fourth-order valence-electron chi connectivity index (χ4n) is 1.85. The number of para-hydroxylation sites is 1. The minimum absolute atomic E-state index is 0.0925. The smallest absolute Gasteiger partial charge is 0.225 e. The Morgan fingerprint density at radius 3 is 2.70 bits per heavy atom. The minimum atomic E-state index is -0.0925. The van der Waals surface area contributed by atoms with Crippen LogP contribution in [0.5, 0.6) is 0 Å². The number of likely N-dealkylation sites (N-methyl/N-ethyl adjacent to an activating group) is 1. The number of rotatable bonds is 8. The van der Waals surface area contributed by atoms with Gasteiger partial charge in [-0.05, 0) is 18.7 Å². The average Bonchev–Trinajstić information content (AvgIpc) is 2.43. The Kier molecular flexibility index (Phi) is 7.14. The summed E-state index contributed by atoms with van der Waals surface area (Å²) < 4.78 is 0. The van der Waals surface area contributed by atoms with E-state index >= 15 is 0 Å². The predicted octanol–water partition coefficient (Wildman–Crippen LogP) is 0.964. The van der Waals surface area contributed by atoms with Gasteiger partial charge in [0, 0.05) is 25.1 Å². The number of nitrogens with two attached hydrogens (primary N) is 1. The maximum atomic E-state index is 11.9. The van der Waals surface area contributed by atoms with E-state index < -0.39 is 0 Å². The number of aliphatic hydroxyl groups excluding tert-OH is 1. The van der Waals surface area contributed by atoms with Gasteiger partial charge in [0.1, 0.15) is 4.99 Å². The van der Waals surface area contributed by atoms with Gasteiger partial charge in [-0.1, -0.05) is 31.3 Å². The molecule has 0 atom stereocenters. The second-order valence-electron chi connectivity index (χ2n) is 4.37. The molecule has 0 fully saturated rings. The van der Waals surface area contributed by atoms with Gasteiger partial charge in [0.15, 0.2) is 0 Å². The molecule has 20 heavy (non-hydrogen) atoms. The number of hydrogen-bond acceptors (Lipinski definition) is 4. The zero-order valence-corrected chi connectivity index (χ0v) is 12.4. The zero-order valence-electron chi connectivity index (χ0n) is 11.6. The number of carbonyl (C=O) groups is 1. The van der Waals surface area contributed by atoms with E-state index in [9.17, 15) is 4.79 Å². The highest BCUT2D eigenvalue weighted by atomic mass is 32.1. The van der Waals surface area contributed by atoms with E-state index in [-0.39, 0.29) is 17.5 Å². The van der Waals surface area contributed by atoms with Crippen molar-refractivity contribution >= 4 is 28.8 Å². The van der Waals surface area contributed by atoms with Gasteiger partial charge in [0.05, 0.1) is 12.3 Å². The van der Waals surface area contributed by atoms with Crippen molar-refractivity contribution in [3.8, 4) is 0 Å². The minimum Gasteiger partial charge on any atom is -0.395 e. The second kappa shape index (κ2) is 8.63. The highest BCUT2D eigenvalue weighted by Gasteiger charge is 2.10. The normalized spacial score (nSPS) is 10.6. The van der Waals surface area contributed by atoms with Crippen molar-refractivity contribution in [2.24, 2.45) is 5.73 Å². The molecule has 4 N–H and O–H groups in total. The van der Waals surface area contributed by atoms with E-state index in [0.717, 1.165) is 6.54 Å². The molecule has 0 aliphatic rings. The van der Waals surface area contributed by atoms with Crippen LogP contribution < -0.4 is 11.1 Å². The molecular weight excluding hydrogens is 274 g/mol. The third-order valence-electron chi connectivity index (χ3n) is 2.99. The summed E-state index contributed by atoms with van der Waals surface area (Å²) in [6.45, 7) is 4.08. The first-order chi connectivity index (χ1) is 9.58. The van der Waals surface area contributed by atoms with Crippen LogP contribution in [-0.4, -0.2) is 47.1 Å². The highest BCUT2D eigenvalue weighted by molar-refractivity contribution is 7.80. The Bertz CT molecular complexity index is 465. The van der Waals surface area contributed by atoms with Crippen molar-refractivity contribution in [2.45, 2.75) is 13.3 Å². The van der Waals surface area contributed by atoms with Crippen LogP contribution in [0.25, 0.3) is 0 Å². The molecule has 1 aromatic rings. The van der Waals surface area contributed by atoms with Crippen molar-refractivity contribution in [3.05, 3.63) is 29.8 Å². The molecular formula is C14H21N3O2S. The fourth-order valence-corrected chi connectivity index (χ4v) is 2.03. The first kappa shape index (κ1) is 16.6. The summed E-state index contributed by atoms with van der Waals surface area (Å²) in [6.07, 6.45) is 0.361. The van der Waals surface area contributed by atoms with E-state index in [0.29, 0.717) is 30.8 Å². The van der Waals surface area contributed by atoms with E-state index in [1.54, 1.807) is 12.1 Å². The fraction of sp³-hybridized carbons (Fsp3) is 0.429. The largest absolute Gasteiger partial charge is 0.395 e. The quantitative estimate of drug-likeness (QED) is 0.623. The summed E-state index contributed by atoms with van der Waals surface area (Å²) >= 11 is 4.95. The number of hydrogen-bond donors (Lipinski definition) is 3. The SMILES string of the molecule is CCN(CCO)CCC(=O)Nc1ccccc1C(N)=S. The Labute approximate surface area is 124 Å². The first-order valence-corrected chi connectivity index (χ1v) is 7.01. The summed E-state index contributed by atoms with van der Waals surface area (Å²) in [4.78, 5) is 14.2. The number of nitrogens with zero attached hydrogens (tertiary/aromatic N) is 1. The van der Waals surface area contributed by atoms with E-state index in [1.807, 2.05) is 24.0 Å². The lowest BCUT2D eigenvalue weighted by Crippen LogP contribution is -2.30. The number of amides is 1. The lowest BCUT2D eigenvalue weighted by atomic mass is 10.1. The molecule has 0 aromatic heterocycles. The van der Waals surface area contributed by atoms with Gasteiger partial charge in [0.25, 0.3) is 0 Å². The number of aliphatic hydroxyl groups is 1. The first-order valence-electron chi connectivity index (χ1n) is 6.60. The van der Waals surface area contributed by atoms with Crippen LogP contribution >= 0.6 is 12.2 Å². The molecule has 0 aliphatic heterocycles. The monoisotopic (exact) mass is 295 g/mol. The van der Waals surface area contributed by atoms with Crippen molar-refractivity contribution in [1.29, 1.82) is 0 Å². The summed E-state index contributed by atoms with van der Waals surface area (Å²) in [5, 5.41) is 11.7. The maximum Gasteiger partial charge on any atom is 0.225 e. The Hall–Kier alpha value is -1.50. The molecule has 1 amide bonds. The molecule has 0 bridgehead atoms. The third kappa shape index (κ3) is 5.24. The molecule has 1 aromatic carbocycles. The molecule has 110 valence electrons. The molecule has 0 heterocycles. The summed E-state index contributed by atoms with van der Waals surface area (Å²) in [5.41, 5.74) is 6.92. The Morgan fingerprint density at radius 1 is 1.40 bits per heavy atom. The zero-order chi connectivity index (χ0) is 15.0. The van der Waals surface area contributed by atoms with Gasteiger partial charge < -0.3 is 21.1 Å². The van der Waals surface area contributed by atoms with Gasteiger partial charge in [-0.25, -0.2) is 0 Å². The second-order valence-corrected chi connectivity index (χ2v) is 4.81. The lowest BCUT2D eigenvalue weighted by Gasteiger charge is -2.18. The maximum absolute atomic E-state index is 11.9. The van der Waals surface area contributed by atoms with Crippen LogP contribution in [-0.2, 0) is 4.79 Å². The lowest BCUT2D eigenvalue weighted by molar-refractivity contribution is -0.116. The van der Waals surface area contributed by atoms with Gasteiger partial charge in [-0.15, -0.1) is 0 Å². The van der Waals surface area contributed by atoms with E-state index in [1.165, 1.54) is 0 Å². The number of carbonyl (C=O) groups excluding carboxylic acids is 1. The molecule has 5 nitrogen and oxygen atoms in total. The van der Waals surface area contributed by atoms with Crippen LogP contribution in [0.15, 0.2) is 24.3 Å². The van der Waals surface area contributed by atoms with Crippen LogP contribution in [0, 0.1) is 0 Å². The standard InChI is InChI=1S/C14H21N3O2S/c1-2-17(9-10-18)8-7-13(19)16-12-6-4-3-5-11(12)14(15)20/h3-6,18H,2,7-10H2,1H3,(H2,15,20)(H,16,19). The summed E-state index contributed by atoms with van der Waals surface area (Å²) in [7, 11) is 0. The number of thiocarbonyl (C=S) groups is 1. The van der Waals surface area contributed by atoms with Crippen LogP contribution in [0.4, 0.5) is 5.69 Å². The van der Waals surface area contributed by atoms with Crippen LogP contribution in [0.3, 0.4) is 0 Å². The molecule has 0 saturated heterocycles. The number of benzene rings is 1. The van der Waals surface area contributed by atoms with Crippen molar-refractivity contribution in [1.82, 2.24) is 4.90 Å². The van der Waals surface area contributed by atoms with Gasteiger partial charge >= 0.3 is 0 Å². The highest BCUT2D eigenvalue weighted by Crippen LogP contribution is 2.15. The Morgan fingerprint density at radius 2 is 2.10 bits per heavy atom. The molecule has 0 saturated carbocycles. The molecule has 1 rings (SSSR count). The van der Waals surface area contributed by atoms with E-state index in [2.05, 4.69) is 5.32 Å². The number of nitrogens with one attached hydrogen (secondary N) is 1. The van der Waals surface area contributed by atoms with Crippen molar-refractivity contribution < 1.29 is 9.90 Å². The molecule has 0 unspecified atom stereocenters. The molecule has 0 radical (unpaired) electrons. The molecule has 0 spiro atoms. The van der Waals surface area contributed by atoms with Crippen molar-refractivity contribution in [2.75, 3.05) is 31.6 Å². The summed E-state index contributed by atoms with van der Waals surface area (Å²) in [5.74, 6) is -0.0925. The van der Waals surface area contributed by atoms with Gasteiger partial charge in [-0.2, -0.15) is 0 Å². The van der Waals surface area contributed by atoms with Crippen LogP contribution in [0.2, 0.25) is 0 Å². The summed E-state index contributed by atoms with van der Waals surface area (Å²) in [6, 6.07) is 7.20. The third-order valence-corrected chi connectivity index (χ3v) is 3.21. The van der Waals surface area contributed by atoms with Gasteiger partial charge in [0.2, 0.25) is 5.91 Å². The predicted molar refractivity (Wildman–Crippen MR) is 84.8 cm³/mol. The van der Waals surface area contributed by atoms with E-state index in [4.69, 9.17) is 23.1 Å². The van der Waals surface area contributed by atoms with Gasteiger partial charge in [-0.3, -0.25) is 4.79 Å². The average molecular weight is 295 g/mol. The molecule has 6 heteroatoms. The van der Waals surface area contributed by atoms with Crippen LogP contribution in [0.1, 0.15) is 18.9 Å². The molecule has 0 aliphatic carbocycles.